The highest BCUT2D eigenvalue weighted by Gasteiger charge is 2.17. The number of benzene rings is 1. The van der Waals surface area contributed by atoms with Crippen LogP contribution < -0.4 is 9.47 Å². The van der Waals surface area contributed by atoms with Crippen molar-refractivity contribution >= 4 is 11.6 Å². The van der Waals surface area contributed by atoms with E-state index in [1.165, 1.54) is 0 Å². The molecule has 0 radical (unpaired) electrons. The third-order valence-electron chi connectivity index (χ3n) is 1.77. The Balaban J connectivity index is 2.56. The summed E-state index contributed by atoms with van der Waals surface area (Å²) in [5, 5.41) is 9.02. The Labute approximate surface area is 80.4 Å². The summed E-state index contributed by atoms with van der Waals surface area (Å²) in [5.41, 5.74) is 0.408. The second kappa shape index (κ2) is 3.15. The van der Waals surface area contributed by atoms with Crippen LogP contribution in [0.1, 0.15) is 5.56 Å². The van der Waals surface area contributed by atoms with Gasteiger partial charge in [-0.05, 0) is 12.1 Å². The van der Waals surface area contributed by atoms with Crippen LogP contribution in [0.25, 0.3) is 0 Å². The van der Waals surface area contributed by atoms with Crippen LogP contribution in [0.5, 0.6) is 11.5 Å². The monoisotopic (exact) mass is 195 g/mol. The van der Waals surface area contributed by atoms with Crippen LogP contribution in [0.2, 0.25) is 5.02 Å². The van der Waals surface area contributed by atoms with E-state index in [0.29, 0.717) is 35.3 Å². The standard InChI is InChI=1S/C9H6ClNO2/c10-8-6(5-11)1-2-7-9(8)13-4-3-12-7/h1-2H,3-4H2. The van der Waals surface area contributed by atoms with Gasteiger partial charge in [0.25, 0.3) is 0 Å². The molecule has 0 saturated heterocycles. The lowest BCUT2D eigenvalue weighted by Gasteiger charge is -2.19. The summed E-state index contributed by atoms with van der Waals surface area (Å²) >= 11 is 5.90. The molecule has 0 aliphatic carbocycles. The van der Waals surface area contributed by atoms with Crippen molar-refractivity contribution in [2.45, 2.75) is 0 Å². The van der Waals surface area contributed by atoms with Gasteiger partial charge in [0, 0.05) is 0 Å². The molecule has 1 heterocycles. The fourth-order valence-corrected chi connectivity index (χ4v) is 1.42. The van der Waals surface area contributed by atoms with Crippen molar-refractivity contribution < 1.29 is 9.47 Å². The molecule has 0 bridgehead atoms. The fraction of sp³-hybridized carbons (Fsp3) is 0.222. The average Bonchev–Trinajstić information content (AvgIpc) is 2.19. The zero-order valence-electron chi connectivity index (χ0n) is 6.71. The van der Waals surface area contributed by atoms with Crippen molar-refractivity contribution in [3.63, 3.8) is 0 Å². The lowest BCUT2D eigenvalue weighted by atomic mass is 10.2. The van der Waals surface area contributed by atoms with Gasteiger partial charge < -0.3 is 9.47 Å². The van der Waals surface area contributed by atoms with Gasteiger partial charge >= 0.3 is 0 Å². The molecule has 0 aromatic heterocycles. The number of hydrogen-bond acceptors (Lipinski definition) is 3. The first-order valence-electron chi connectivity index (χ1n) is 3.81. The summed E-state index contributed by atoms with van der Waals surface area (Å²) in [5.74, 6) is 1.09. The number of ether oxygens (including phenoxy) is 2. The molecule has 1 aromatic rings. The van der Waals surface area contributed by atoms with Crippen LogP contribution in [-0.2, 0) is 0 Å². The molecule has 4 heteroatoms. The quantitative estimate of drug-likeness (QED) is 0.636. The van der Waals surface area contributed by atoms with Gasteiger partial charge in [0.1, 0.15) is 24.3 Å². The zero-order valence-corrected chi connectivity index (χ0v) is 7.47. The summed E-state index contributed by atoms with van der Waals surface area (Å²) in [7, 11) is 0. The number of hydrogen-bond donors (Lipinski definition) is 0. The SMILES string of the molecule is N#Cc1ccc2c(c1Cl)OCCO2. The van der Waals surface area contributed by atoms with E-state index in [0.717, 1.165) is 0 Å². The van der Waals surface area contributed by atoms with Gasteiger partial charge in [0.2, 0.25) is 0 Å². The van der Waals surface area contributed by atoms with E-state index in [4.69, 9.17) is 26.3 Å². The molecular formula is C9H6ClNO2. The third kappa shape index (κ3) is 1.30. The molecule has 13 heavy (non-hydrogen) atoms. The minimum atomic E-state index is 0.333. The van der Waals surface area contributed by atoms with Crippen LogP contribution in [0.3, 0.4) is 0 Å². The van der Waals surface area contributed by atoms with Gasteiger partial charge in [-0.25, -0.2) is 0 Å². The first-order chi connectivity index (χ1) is 6.33. The summed E-state index contributed by atoms with van der Waals surface area (Å²) in [6, 6.07) is 5.29. The number of rotatable bonds is 0. The Morgan fingerprint density at radius 1 is 1.31 bits per heavy atom. The molecule has 2 rings (SSSR count). The molecule has 0 spiro atoms. The molecule has 1 aliphatic heterocycles. The first-order valence-corrected chi connectivity index (χ1v) is 4.19. The lowest BCUT2D eigenvalue weighted by Crippen LogP contribution is -2.15. The summed E-state index contributed by atoms with van der Waals surface area (Å²) in [6.07, 6.45) is 0. The Morgan fingerprint density at radius 3 is 2.85 bits per heavy atom. The second-order valence-electron chi connectivity index (χ2n) is 2.56. The van der Waals surface area contributed by atoms with E-state index < -0.39 is 0 Å². The Bertz CT molecular complexity index is 384. The van der Waals surface area contributed by atoms with E-state index in [9.17, 15) is 0 Å². The highest BCUT2D eigenvalue weighted by molar-refractivity contribution is 6.33. The van der Waals surface area contributed by atoms with Gasteiger partial charge in [0.15, 0.2) is 11.5 Å². The second-order valence-corrected chi connectivity index (χ2v) is 2.94. The minimum absolute atomic E-state index is 0.333. The normalized spacial score (nSPS) is 13.5. The Hall–Kier alpha value is -1.40. The molecule has 66 valence electrons. The molecular weight excluding hydrogens is 190 g/mol. The number of nitriles is 1. The summed E-state index contributed by atoms with van der Waals surface area (Å²) in [6.45, 7) is 0.997. The zero-order chi connectivity index (χ0) is 9.26. The van der Waals surface area contributed by atoms with Crippen LogP contribution in [0.4, 0.5) is 0 Å². The van der Waals surface area contributed by atoms with Gasteiger partial charge in [-0.1, -0.05) is 11.6 Å². The Morgan fingerprint density at radius 2 is 2.08 bits per heavy atom. The van der Waals surface area contributed by atoms with Crippen molar-refractivity contribution in [2.24, 2.45) is 0 Å². The molecule has 1 aliphatic rings. The van der Waals surface area contributed by atoms with Crippen LogP contribution >= 0.6 is 11.6 Å². The number of fused-ring (bicyclic) bond motifs is 1. The van der Waals surface area contributed by atoms with Crippen molar-refractivity contribution in [1.82, 2.24) is 0 Å². The predicted octanol–water partition coefficient (Wildman–Crippen LogP) is 1.98. The number of halogens is 1. The van der Waals surface area contributed by atoms with Gasteiger partial charge in [-0.3, -0.25) is 0 Å². The van der Waals surface area contributed by atoms with E-state index >= 15 is 0 Å². The van der Waals surface area contributed by atoms with Gasteiger partial charge in [0.05, 0.1) is 5.56 Å². The van der Waals surface area contributed by atoms with E-state index in [1.807, 2.05) is 6.07 Å². The molecule has 0 atom stereocenters. The summed E-state index contributed by atoms with van der Waals surface area (Å²) in [4.78, 5) is 0. The van der Waals surface area contributed by atoms with Crippen LogP contribution in [0.15, 0.2) is 12.1 Å². The highest BCUT2D eigenvalue weighted by atomic mass is 35.5. The topological polar surface area (TPSA) is 42.2 Å². The number of nitrogens with zero attached hydrogens (tertiary/aromatic N) is 1. The predicted molar refractivity (Wildman–Crippen MR) is 47.2 cm³/mol. The third-order valence-corrected chi connectivity index (χ3v) is 2.14. The van der Waals surface area contributed by atoms with Crippen molar-refractivity contribution in [3.8, 4) is 17.6 Å². The molecule has 3 nitrogen and oxygen atoms in total. The van der Waals surface area contributed by atoms with E-state index in [-0.39, 0.29) is 0 Å². The van der Waals surface area contributed by atoms with Gasteiger partial charge in [-0.15, -0.1) is 0 Å². The molecule has 0 fully saturated rings. The Kier molecular flexibility index (Phi) is 1.99. The average molecular weight is 196 g/mol. The fourth-order valence-electron chi connectivity index (χ4n) is 1.17. The highest BCUT2D eigenvalue weighted by Crippen LogP contribution is 2.38. The maximum atomic E-state index is 8.69. The molecule has 0 N–H and O–H groups in total. The lowest BCUT2D eigenvalue weighted by molar-refractivity contribution is 0.171. The van der Waals surface area contributed by atoms with Gasteiger partial charge in [-0.2, -0.15) is 5.26 Å². The van der Waals surface area contributed by atoms with Crippen LogP contribution in [-0.4, -0.2) is 13.2 Å². The molecule has 1 aromatic carbocycles. The largest absolute Gasteiger partial charge is 0.486 e. The van der Waals surface area contributed by atoms with Crippen molar-refractivity contribution in [2.75, 3.05) is 13.2 Å². The first kappa shape index (κ1) is 8.21. The minimum Gasteiger partial charge on any atom is -0.486 e. The van der Waals surface area contributed by atoms with E-state index in [2.05, 4.69) is 0 Å². The van der Waals surface area contributed by atoms with Crippen molar-refractivity contribution in [1.29, 1.82) is 5.26 Å². The maximum Gasteiger partial charge on any atom is 0.181 e. The smallest absolute Gasteiger partial charge is 0.181 e. The van der Waals surface area contributed by atoms with Crippen LogP contribution in [0, 0.1) is 11.3 Å². The molecule has 0 amide bonds. The van der Waals surface area contributed by atoms with Crippen molar-refractivity contribution in [3.05, 3.63) is 22.7 Å². The maximum absolute atomic E-state index is 8.69. The van der Waals surface area contributed by atoms with E-state index in [1.54, 1.807) is 12.1 Å². The molecule has 0 unspecified atom stereocenters. The molecule has 0 saturated carbocycles. The summed E-state index contributed by atoms with van der Waals surface area (Å²) < 4.78 is 10.6.